The fourth-order valence-corrected chi connectivity index (χ4v) is 5.00. The molecular formula is C21H24N6O2S. The van der Waals surface area contributed by atoms with Crippen LogP contribution in [0.4, 0.5) is 10.5 Å². The maximum Gasteiger partial charge on any atom is 0.328 e. The van der Waals surface area contributed by atoms with Gasteiger partial charge in [0.25, 0.3) is 0 Å². The molecule has 0 radical (unpaired) electrons. The van der Waals surface area contributed by atoms with Crippen LogP contribution in [0.25, 0.3) is 5.52 Å². The van der Waals surface area contributed by atoms with Gasteiger partial charge in [-0.25, -0.2) is 14.3 Å². The monoisotopic (exact) mass is 424 g/mol. The number of fused-ring (bicyclic) bond motifs is 1. The highest BCUT2D eigenvalue weighted by atomic mass is 32.1. The van der Waals surface area contributed by atoms with Crippen molar-refractivity contribution < 1.29 is 9.59 Å². The molecule has 156 valence electrons. The SMILES string of the molecule is O=C1CCN(c2cnn3ccc(CC4CCN(Cc5nccs5)CC4)cc23)C(=O)N1. The first-order valence-corrected chi connectivity index (χ1v) is 11.2. The predicted molar refractivity (Wildman–Crippen MR) is 115 cm³/mol. The van der Waals surface area contributed by atoms with Crippen molar-refractivity contribution in [2.24, 2.45) is 5.92 Å². The van der Waals surface area contributed by atoms with Crippen molar-refractivity contribution in [3.05, 3.63) is 46.7 Å². The van der Waals surface area contributed by atoms with Gasteiger partial charge in [0.1, 0.15) is 5.01 Å². The van der Waals surface area contributed by atoms with Crippen LogP contribution >= 0.6 is 11.3 Å². The lowest BCUT2D eigenvalue weighted by Crippen LogP contribution is -2.49. The summed E-state index contributed by atoms with van der Waals surface area (Å²) in [7, 11) is 0. The predicted octanol–water partition coefficient (Wildman–Crippen LogP) is 2.69. The second kappa shape index (κ2) is 8.16. The maximum absolute atomic E-state index is 12.2. The number of piperidine rings is 1. The molecule has 2 fully saturated rings. The molecule has 0 spiro atoms. The van der Waals surface area contributed by atoms with Crippen LogP contribution in [-0.2, 0) is 17.8 Å². The number of rotatable bonds is 5. The molecule has 5 rings (SSSR count). The van der Waals surface area contributed by atoms with Gasteiger partial charge in [0, 0.05) is 30.7 Å². The molecule has 0 unspecified atom stereocenters. The zero-order valence-corrected chi connectivity index (χ0v) is 17.5. The van der Waals surface area contributed by atoms with E-state index in [1.165, 1.54) is 23.4 Å². The average molecular weight is 425 g/mol. The van der Waals surface area contributed by atoms with E-state index in [0.717, 1.165) is 37.3 Å². The fraction of sp³-hybridized carbons (Fsp3) is 0.429. The first-order chi connectivity index (χ1) is 14.7. The van der Waals surface area contributed by atoms with Gasteiger partial charge in [0.2, 0.25) is 5.91 Å². The zero-order chi connectivity index (χ0) is 20.5. The van der Waals surface area contributed by atoms with E-state index in [0.29, 0.717) is 18.9 Å². The third kappa shape index (κ3) is 3.95. The number of urea groups is 1. The summed E-state index contributed by atoms with van der Waals surface area (Å²) in [6, 6.07) is 3.87. The zero-order valence-electron chi connectivity index (χ0n) is 16.7. The Kier molecular flexibility index (Phi) is 5.22. The van der Waals surface area contributed by atoms with Gasteiger partial charge in [-0.3, -0.25) is 19.9 Å². The Balaban J connectivity index is 1.25. The summed E-state index contributed by atoms with van der Waals surface area (Å²) in [4.78, 5) is 32.2. The average Bonchev–Trinajstić information content (AvgIpc) is 3.39. The number of nitrogens with zero attached hydrogens (tertiary/aromatic N) is 5. The first-order valence-electron chi connectivity index (χ1n) is 10.3. The molecule has 3 aromatic heterocycles. The highest BCUT2D eigenvalue weighted by Crippen LogP contribution is 2.27. The molecule has 5 heterocycles. The van der Waals surface area contributed by atoms with Crippen LogP contribution in [0, 0.1) is 5.92 Å². The van der Waals surface area contributed by atoms with Crippen LogP contribution in [-0.4, -0.2) is 51.1 Å². The van der Waals surface area contributed by atoms with E-state index in [9.17, 15) is 9.59 Å². The number of hydrogen-bond acceptors (Lipinski definition) is 6. The maximum atomic E-state index is 12.2. The molecule has 3 aromatic rings. The molecule has 9 heteroatoms. The van der Waals surface area contributed by atoms with Gasteiger partial charge in [-0.05, 0) is 56.0 Å². The number of carbonyl (C=O) groups is 2. The van der Waals surface area contributed by atoms with Crippen molar-refractivity contribution in [2.45, 2.75) is 32.2 Å². The van der Waals surface area contributed by atoms with Gasteiger partial charge >= 0.3 is 6.03 Å². The van der Waals surface area contributed by atoms with Crippen molar-refractivity contribution >= 4 is 34.5 Å². The van der Waals surface area contributed by atoms with E-state index in [4.69, 9.17) is 0 Å². The number of anilines is 1. The smallest absolute Gasteiger partial charge is 0.297 e. The van der Waals surface area contributed by atoms with Crippen LogP contribution < -0.4 is 10.2 Å². The number of likely N-dealkylation sites (tertiary alicyclic amines) is 1. The summed E-state index contributed by atoms with van der Waals surface area (Å²) >= 11 is 1.72. The molecule has 3 amide bonds. The number of hydrogen-bond donors (Lipinski definition) is 1. The molecule has 0 bridgehead atoms. The minimum absolute atomic E-state index is 0.227. The second-order valence-electron chi connectivity index (χ2n) is 8.00. The summed E-state index contributed by atoms with van der Waals surface area (Å²) in [5.74, 6) is 0.428. The van der Waals surface area contributed by atoms with Gasteiger partial charge in [-0.15, -0.1) is 11.3 Å². The van der Waals surface area contributed by atoms with Gasteiger partial charge in [0.05, 0.1) is 23.9 Å². The summed E-state index contributed by atoms with van der Waals surface area (Å²) in [6.07, 6.45) is 9.22. The standard InChI is InChI=1S/C21H24N6O2S/c28-19-4-8-26(21(29)24-19)18-13-23-27-9-3-16(12-17(18)27)11-15-1-6-25(7-2-15)14-20-22-5-10-30-20/h3,5,9-10,12-13,15H,1-2,4,6-8,11,14H2,(H,24,28,29). The molecule has 2 aliphatic heterocycles. The molecule has 2 aliphatic rings. The van der Waals surface area contributed by atoms with E-state index >= 15 is 0 Å². The number of nitrogens with one attached hydrogen (secondary N) is 1. The summed E-state index contributed by atoms with van der Waals surface area (Å²) in [5, 5.41) is 9.99. The second-order valence-corrected chi connectivity index (χ2v) is 8.98. The van der Waals surface area contributed by atoms with E-state index in [1.54, 1.807) is 26.9 Å². The van der Waals surface area contributed by atoms with Crippen LogP contribution in [0.5, 0.6) is 0 Å². The van der Waals surface area contributed by atoms with E-state index in [-0.39, 0.29) is 11.9 Å². The lowest BCUT2D eigenvalue weighted by Gasteiger charge is -2.31. The Morgan fingerprint density at radius 1 is 1.20 bits per heavy atom. The minimum Gasteiger partial charge on any atom is -0.297 e. The van der Waals surface area contributed by atoms with E-state index in [2.05, 4.69) is 32.4 Å². The third-order valence-corrected chi connectivity index (χ3v) is 6.75. The lowest BCUT2D eigenvalue weighted by atomic mass is 9.90. The molecule has 0 atom stereocenters. The first kappa shape index (κ1) is 19.2. The summed E-state index contributed by atoms with van der Waals surface area (Å²) in [6.45, 7) is 3.54. The normalized spacial score (nSPS) is 18.9. The quantitative estimate of drug-likeness (QED) is 0.681. The van der Waals surface area contributed by atoms with Crippen LogP contribution in [0.1, 0.15) is 29.8 Å². The molecule has 8 nitrogen and oxygen atoms in total. The summed E-state index contributed by atoms with van der Waals surface area (Å²) < 4.78 is 1.79. The van der Waals surface area contributed by atoms with Crippen molar-refractivity contribution in [3.63, 3.8) is 0 Å². The molecular weight excluding hydrogens is 400 g/mol. The van der Waals surface area contributed by atoms with Crippen molar-refractivity contribution in [3.8, 4) is 0 Å². The molecule has 1 N–H and O–H groups in total. The number of aromatic nitrogens is 3. The summed E-state index contributed by atoms with van der Waals surface area (Å²) in [5.41, 5.74) is 2.91. The van der Waals surface area contributed by atoms with E-state index < -0.39 is 0 Å². The molecule has 2 saturated heterocycles. The highest BCUT2D eigenvalue weighted by molar-refractivity contribution is 7.09. The van der Waals surface area contributed by atoms with Crippen LogP contribution in [0.3, 0.4) is 0 Å². The largest absolute Gasteiger partial charge is 0.328 e. The minimum atomic E-state index is -0.376. The lowest BCUT2D eigenvalue weighted by molar-refractivity contribution is -0.120. The van der Waals surface area contributed by atoms with Crippen LogP contribution in [0.15, 0.2) is 36.1 Å². The van der Waals surface area contributed by atoms with Gasteiger partial charge in [-0.1, -0.05) is 0 Å². The molecule has 30 heavy (non-hydrogen) atoms. The van der Waals surface area contributed by atoms with Gasteiger partial charge < -0.3 is 0 Å². The Morgan fingerprint density at radius 3 is 2.83 bits per heavy atom. The van der Waals surface area contributed by atoms with Crippen molar-refractivity contribution in [1.29, 1.82) is 0 Å². The topological polar surface area (TPSA) is 82.8 Å². The van der Waals surface area contributed by atoms with Gasteiger partial charge in [-0.2, -0.15) is 5.10 Å². The fourth-order valence-electron chi connectivity index (χ4n) is 4.34. The number of carbonyl (C=O) groups excluding carboxylic acids is 2. The molecule has 0 aromatic carbocycles. The van der Waals surface area contributed by atoms with E-state index in [1.807, 2.05) is 17.8 Å². The Hall–Kier alpha value is -2.78. The Labute approximate surface area is 178 Å². The number of imide groups is 1. The highest BCUT2D eigenvalue weighted by Gasteiger charge is 2.27. The van der Waals surface area contributed by atoms with Crippen molar-refractivity contribution in [1.82, 2.24) is 24.8 Å². The van der Waals surface area contributed by atoms with Gasteiger partial charge in [0.15, 0.2) is 0 Å². The Bertz CT molecular complexity index is 1050. The van der Waals surface area contributed by atoms with Crippen LogP contribution in [0.2, 0.25) is 0 Å². The molecule has 0 saturated carbocycles. The number of pyridine rings is 1. The molecule has 0 aliphatic carbocycles. The third-order valence-electron chi connectivity index (χ3n) is 5.98. The Morgan fingerprint density at radius 2 is 2.07 bits per heavy atom. The van der Waals surface area contributed by atoms with Crippen molar-refractivity contribution in [2.75, 3.05) is 24.5 Å². The number of amides is 3. The number of thiazole rings is 1.